The van der Waals surface area contributed by atoms with Gasteiger partial charge in [0.1, 0.15) is 0 Å². The zero-order valence-corrected chi connectivity index (χ0v) is 13.4. The van der Waals surface area contributed by atoms with Crippen molar-refractivity contribution >= 4 is 5.95 Å². The summed E-state index contributed by atoms with van der Waals surface area (Å²) < 4.78 is 0. The smallest absolute Gasteiger partial charge is 0.225 e. The first-order chi connectivity index (χ1) is 10.2. The lowest BCUT2D eigenvalue weighted by Crippen LogP contribution is -2.40. The van der Waals surface area contributed by atoms with Gasteiger partial charge in [-0.1, -0.05) is 26.7 Å². The molecular weight excluding hydrogens is 260 g/mol. The molecule has 0 atom stereocenters. The summed E-state index contributed by atoms with van der Waals surface area (Å²) in [5.74, 6) is 0.908. The van der Waals surface area contributed by atoms with E-state index < -0.39 is 0 Å². The fourth-order valence-electron chi connectivity index (χ4n) is 3.29. The second-order valence-corrected chi connectivity index (χ2v) is 6.74. The fourth-order valence-corrected chi connectivity index (χ4v) is 3.29. The van der Waals surface area contributed by atoms with Crippen LogP contribution in [0.25, 0.3) is 0 Å². The molecule has 0 spiro atoms. The Bertz CT molecular complexity index is 438. The number of hydrogen-bond acceptors (Lipinski definition) is 4. The van der Waals surface area contributed by atoms with Crippen LogP contribution in [0.2, 0.25) is 0 Å². The Hall–Kier alpha value is -1.16. The molecule has 1 saturated heterocycles. The largest absolute Gasteiger partial charge is 0.341 e. The van der Waals surface area contributed by atoms with E-state index in [-0.39, 0.29) is 0 Å². The van der Waals surface area contributed by atoms with Gasteiger partial charge in [0.05, 0.1) is 0 Å². The minimum atomic E-state index is 0.560. The minimum absolute atomic E-state index is 0.560. The molecule has 1 aliphatic carbocycles. The van der Waals surface area contributed by atoms with Crippen LogP contribution in [-0.4, -0.2) is 29.1 Å². The highest BCUT2D eigenvalue weighted by Crippen LogP contribution is 2.38. The third-order valence-corrected chi connectivity index (χ3v) is 5.47. The van der Waals surface area contributed by atoms with Crippen LogP contribution in [0.15, 0.2) is 12.4 Å². The van der Waals surface area contributed by atoms with E-state index in [4.69, 9.17) is 0 Å². The number of nitrogens with zero attached hydrogens (tertiary/aromatic N) is 3. The van der Waals surface area contributed by atoms with Crippen molar-refractivity contribution < 1.29 is 0 Å². The molecule has 116 valence electrons. The molecule has 1 N–H and O–H groups in total. The lowest BCUT2D eigenvalue weighted by molar-refractivity contribution is 0.198. The molecule has 1 aromatic rings. The topological polar surface area (TPSA) is 41.1 Å². The molecule has 0 bridgehead atoms. The molecule has 4 nitrogen and oxygen atoms in total. The number of aromatic nitrogens is 2. The Kier molecular flexibility index (Phi) is 4.43. The molecule has 1 saturated carbocycles. The third-order valence-electron chi connectivity index (χ3n) is 5.47. The van der Waals surface area contributed by atoms with Crippen molar-refractivity contribution in [3.8, 4) is 0 Å². The van der Waals surface area contributed by atoms with Crippen molar-refractivity contribution in [1.29, 1.82) is 0 Å². The summed E-state index contributed by atoms with van der Waals surface area (Å²) in [6.45, 7) is 7.76. The van der Waals surface area contributed by atoms with Gasteiger partial charge in [0.2, 0.25) is 5.95 Å². The van der Waals surface area contributed by atoms with Crippen LogP contribution in [0.1, 0.15) is 57.9 Å². The van der Waals surface area contributed by atoms with Gasteiger partial charge in [-0.2, -0.15) is 0 Å². The van der Waals surface area contributed by atoms with E-state index in [1.54, 1.807) is 0 Å². The van der Waals surface area contributed by atoms with Crippen molar-refractivity contribution in [2.45, 2.75) is 65.0 Å². The van der Waals surface area contributed by atoms with Crippen LogP contribution in [-0.2, 0) is 6.54 Å². The Morgan fingerprint density at radius 2 is 1.76 bits per heavy atom. The van der Waals surface area contributed by atoms with E-state index in [1.807, 2.05) is 12.4 Å². The molecule has 1 aliphatic heterocycles. The molecule has 2 fully saturated rings. The average Bonchev–Trinajstić information content (AvgIpc) is 3.38. The van der Waals surface area contributed by atoms with E-state index in [1.165, 1.54) is 44.1 Å². The molecule has 2 aliphatic rings. The maximum atomic E-state index is 4.57. The molecule has 0 aromatic carbocycles. The van der Waals surface area contributed by atoms with Gasteiger partial charge in [-0.3, -0.25) is 0 Å². The second-order valence-electron chi connectivity index (χ2n) is 6.74. The van der Waals surface area contributed by atoms with Crippen molar-refractivity contribution in [2.24, 2.45) is 5.41 Å². The molecule has 3 rings (SSSR count). The molecule has 2 heterocycles. The SMILES string of the molecule is CCC1(CC)CCN(c2ncc(CNC3CC3)cn2)CC1. The van der Waals surface area contributed by atoms with Gasteiger partial charge in [-0.25, -0.2) is 9.97 Å². The molecule has 0 amide bonds. The maximum Gasteiger partial charge on any atom is 0.225 e. The van der Waals surface area contributed by atoms with E-state index >= 15 is 0 Å². The van der Waals surface area contributed by atoms with Gasteiger partial charge in [-0.15, -0.1) is 0 Å². The first-order valence-electron chi connectivity index (χ1n) is 8.54. The van der Waals surface area contributed by atoms with Crippen molar-refractivity contribution in [3.05, 3.63) is 18.0 Å². The summed E-state index contributed by atoms with van der Waals surface area (Å²) in [5.41, 5.74) is 1.75. The molecule has 0 unspecified atom stereocenters. The zero-order valence-electron chi connectivity index (χ0n) is 13.4. The van der Waals surface area contributed by atoms with Crippen LogP contribution in [0.4, 0.5) is 5.95 Å². The summed E-state index contributed by atoms with van der Waals surface area (Å²) in [7, 11) is 0. The second kappa shape index (κ2) is 6.30. The molecule has 1 aromatic heterocycles. The third kappa shape index (κ3) is 3.54. The number of rotatable bonds is 6. The van der Waals surface area contributed by atoms with Crippen LogP contribution in [0, 0.1) is 5.41 Å². The van der Waals surface area contributed by atoms with Gasteiger partial charge in [0, 0.05) is 43.6 Å². The quantitative estimate of drug-likeness (QED) is 0.873. The van der Waals surface area contributed by atoms with E-state index in [0.29, 0.717) is 5.41 Å². The fraction of sp³-hybridized carbons (Fsp3) is 0.765. The van der Waals surface area contributed by atoms with Crippen LogP contribution < -0.4 is 10.2 Å². The van der Waals surface area contributed by atoms with Crippen LogP contribution >= 0.6 is 0 Å². The van der Waals surface area contributed by atoms with E-state index in [2.05, 4.69) is 34.0 Å². The number of hydrogen-bond donors (Lipinski definition) is 1. The Morgan fingerprint density at radius 3 is 2.29 bits per heavy atom. The molecule has 0 radical (unpaired) electrons. The zero-order chi connectivity index (χ0) is 14.7. The van der Waals surface area contributed by atoms with Gasteiger partial charge in [-0.05, 0) is 31.1 Å². The first-order valence-corrected chi connectivity index (χ1v) is 8.54. The lowest BCUT2D eigenvalue weighted by Gasteiger charge is -2.41. The number of anilines is 1. The van der Waals surface area contributed by atoms with Gasteiger partial charge in [0.15, 0.2) is 0 Å². The van der Waals surface area contributed by atoms with Gasteiger partial charge >= 0.3 is 0 Å². The lowest BCUT2D eigenvalue weighted by atomic mass is 9.74. The molecular formula is C17H28N4. The van der Waals surface area contributed by atoms with Crippen LogP contribution in [0.5, 0.6) is 0 Å². The average molecular weight is 288 g/mol. The van der Waals surface area contributed by atoms with Gasteiger partial charge < -0.3 is 10.2 Å². The molecule has 4 heteroatoms. The summed E-state index contributed by atoms with van der Waals surface area (Å²) >= 11 is 0. The Morgan fingerprint density at radius 1 is 1.14 bits per heavy atom. The normalized spacial score (nSPS) is 21.5. The highest BCUT2D eigenvalue weighted by molar-refractivity contribution is 5.31. The summed E-state index contributed by atoms with van der Waals surface area (Å²) in [4.78, 5) is 11.5. The highest BCUT2D eigenvalue weighted by atomic mass is 15.2. The number of piperidine rings is 1. The standard InChI is InChI=1S/C17H28N4/c1-3-17(4-2)7-9-21(10-8-17)16-19-12-14(13-20-16)11-18-15-5-6-15/h12-13,15,18H,3-11H2,1-2H3. The number of nitrogens with one attached hydrogen (secondary N) is 1. The Balaban J connectivity index is 1.54. The maximum absolute atomic E-state index is 4.57. The minimum Gasteiger partial charge on any atom is -0.341 e. The summed E-state index contributed by atoms with van der Waals surface area (Å²) in [5, 5.41) is 3.50. The van der Waals surface area contributed by atoms with Gasteiger partial charge in [0.25, 0.3) is 0 Å². The summed E-state index contributed by atoms with van der Waals surface area (Å²) in [6, 6.07) is 0.739. The summed E-state index contributed by atoms with van der Waals surface area (Å²) in [6.07, 6.45) is 11.8. The Labute approximate surface area is 128 Å². The van der Waals surface area contributed by atoms with Crippen molar-refractivity contribution in [3.63, 3.8) is 0 Å². The monoisotopic (exact) mass is 288 g/mol. The van der Waals surface area contributed by atoms with E-state index in [0.717, 1.165) is 31.6 Å². The predicted molar refractivity (Wildman–Crippen MR) is 86.4 cm³/mol. The van der Waals surface area contributed by atoms with Crippen LogP contribution in [0.3, 0.4) is 0 Å². The van der Waals surface area contributed by atoms with Crippen molar-refractivity contribution in [1.82, 2.24) is 15.3 Å². The highest BCUT2D eigenvalue weighted by Gasteiger charge is 2.31. The predicted octanol–water partition coefficient (Wildman–Crippen LogP) is 3.14. The molecule has 21 heavy (non-hydrogen) atoms. The first kappa shape index (κ1) is 14.8. The van der Waals surface area contributed by atoms with Crippen molar-refractivity contribution in [2.75, 3.05) is 18.0 Å². The van der Waals surface area contributed by atoms with E-state index in [9.17, 15) is 0 Å².